The molecule has 3 aromatic heterocycles. The second kappa shape index (κ2) is 7.77. The lowest BCUT2D eigenvalue weighted by atomic mass is 10.1. The van der Waals surface area contributed by atoms with Crippen LogP contribution >= 0.6 is 11.6 Å². The number of hydrogen-bond donors (Lipinski definition) is 1. The van der Waals surface area contributed by atoms with Gasteiger partial charge in [-0.05, 0) is 30.2 Å². The zero-order chi connectivity index (χ0) is 19.5. The summed E-state index contributed by atoms with van der Waals surface area (Å²) in [5, 5.41) is 11.9. The van der Waals surface area contributed by atoms with Gasteiger partial charge in [-0.15, -0.1) is 0 Å². The predicted octanol–water partition coefficient (Wildman–Crippen LogP) is 2.71. The molecular formula is C19H18ClN7O. The van der Waals surface area contributed by atoms with E-state index in [1.54, 1.807) is 24.4 Å². The van der Waals surface area contributed by atoms with Crippen LogP contribution in [0.4, 0.5) is 0 Å². The number of halogens is 1. The zero-order valence-corrected chi connectivity index (χ0v) is 15.9. The third-order valence-corrected chi connectivity index (χ3v) is 4.55. The van der Waals surface area contributed by atoms with Crippen molar-refractivity contribution in [1.82, 2.24) is 34.7 Å². The van der Waals surface area contributed by atoms with Gasteiger partial charge in [0.15, 0.2) is 0 Å². The molecule has 8 nitrogen and oxygen atoms in total. The van der Waals surface area contributed by atoms with Gasteiger partial charge in [0, 0.05) is 36.1 Å². The van der Waals surface area contributed by atoms with Crippen molar-refractivity contribution < 1.29 is 4.79 Å². The van der Waals surface area contributed by atoms with Crippen LogP contribution in [0.15, 0.2) is 55.1 Å². The summed E-state index contributed by atoms with van der Waals surface area (Å²) in [6.07, 6.45) is 5.02. The molecule has 1 N–H and O–H groups in total. The first-order valence-electron chi connectivity index (χ1n) is 8.82. The fraction of sp³-hybridized carbons (Fsp3) is 0.211. The SMILES string of the molecule is C[C@H](CNC(=O)c1cc(-c2ccc(Cl)cc2)nc2ncnn12)Cn1cccn1. The first-order chi connectivity index (χ1) is 13.6. The summed E-state index contributed by atoms with van der Waals surface area (Å²) in [4.78, 5) is 21.4. The summed E-state index contributed by atoms with van der Waals surface area (Å²) in [6.45, 7) is 3.28. The molecule has 0 spiro atoms. The van der Waals surface area contributed by atoms with Crippen LogP contribution in [-0.2, 0) is 6.54 Å². The molecule has 0 aliphatic heterocycles. The topological polar surface area (TPSA) is 90.0 Å². The number of aromatic nitrogens is 6. The van der Waals surface area contributed by atoms with Gasteiger partial charge in [-0.3, -0.25) is 9.48 Å². The normalized spacial score (nSPS) is 12.2. The molecule has 0 aliphatic carbocycles. The highest BCUT2D eigenvalue weighted by Crippen LogP contribution is 2.21. The minimum Gasteiger partial charge on any atom is -0.350 e. The van der Waals surface area contributed by atoms with Crippen LogP contribution in [0, 0.1) is 5.92 Å². The molecule has 3 heterocycles. The van der Waals surface area contributed by atoms with E-state index in [1.807, 2.05) is 29.1 Å². The van der Waals surface area contributed by atoms with E-state index >= 15 is 0 Å². The zero-order valence-electron chi connectivity index (χ0n) is 15.2. The minimum atomic E-state index is -0.236. The van der Waals surface area contributed by atoms with Gasteiger partial charge in [-0.2, -0.15) is 19.7 Å². The van der Waals surface area contributed by atoms with E-state index in [9.17, 15) is 4.79 Å². The molecule has 1 amide bonds. The molecule has 0 unspecified atom stereocenters. The average Bonchev–Trinajstić information content (AvgIpc) is 3.37. The van der Waals surface area contributed by atoms with E-state index in [2.05, 4.69) is 32.4 Å². The van der Waals surface area contributed by atoms with E-state index in [0.29, 0.717) is 28.7 Å². The number of nitrogens with one attached hydrogen (secondary N) is 1. The monoisotopic (exact) mass is 395 g/mol. The fourth-order valence-electron chi connectivity index (χ4n) is 2.89. The van der Waals surface area contributed by atoms with E-state index in [1.165, 1.54) is 10.8 Å². The van der Waals surface area contributed by atoms with Crippen molar-refractivity contribution in [3.63, 3.8) is 0 Å². The Balaban J connectivity index is 1.55. The lowest BCUT2D eigenvalue weighted by Gasteiger charge is -2.13. The van der Waals surface area contributed by atoms with Gasteiger partial charge in [0.05, 0.1) is 5.69 Å². The number of nitrogens with zero attached hydrogens (tertiary/aromatic N) is 6. The van der Waals surface area contributed by atoms with Crippen LogP contribution in [-0.4, -0.2) is 41.8 Å². The highest BCUT2D eigenvalue weighted by Gasteiger charge is 2.16. The highest BCUT2D eigenvalue weighted by molar-refractivity contribution is 6.30. The molecule has 0 fully saturated rings. The predicted molar refractivity (Wildman–Crippen MR) is 105 cm³/mol. The number of fused-ring (bicyclic) bond motifs is 1. The van der Waals surface area contributed by atoms with E-state index in [0.717, 1.165) is 12.1 Å². The van der Waals surface area contributed by atoms with Gasteiger partial charge in [-0.1, -0.05) is 30.7 Å². The van der Waals surface area contributed by atoms with Crippen LogP contribution in [0.5, 0.6) is 0 Å². The quantitative estimate of drug-likeness (QED) is 0.542. The van der Waals surface area contributed by atoms with Gasteiger partial charge in [0.2, 0.25) is 0 Å². The van der Waals surface area contributed by atoms with Crippen LogP contribution in [0.3, 0.4) is 0 Å². The number of carbonyl (C=O) groups excluding carboxylic acids is 1. The maximum atomic E-state index is 12.8. The Labute approximate surface area is 166 Å². The molecular weight excluding hydrogens is 378 g/mol. The summed E-state index contributed by atoms with van der Waals surface area (Å²) in [5.74, 6) is 0.343. The number of carbonyl (C=O) groups is 1. The molecule has 1 atom stereocenters. The van der Waals surface area contributed by atoms with Gasteiger partial charge in [0.1, 0.15) is 12.0 Å². The summed E-state index contributed by atoms with van der Waals surface area (Å²) in [5.41, 5.74) is 1.85. The van der Waals surface area contributed by atoms with Crippen LogP contribution in [0.25, 0.3) is 17.0 Å². The highest BCUT2D eigenvalue weighted by atomic mass is 35.5. The van der Waals surface area contributed by atoms with Gasteiger partial charge < -0.3 is 5.32 Å². The number of hydrogen-bond acceptors (Lipinski definition) is 5. The molecule has 9 heteroatoms. The van der Waals surface area contributed by atoms with E-state index < -0.39 is 0 Å². The smallest absolute Gasteiger partial charge is 0.270 e. The van der Waals surface area contributed by atoms with Crippen molar-refractivity contribution in [3.05, 3.63) is 65.8 Å². The lowest BCUT2D eigenvalue weighted by Crippen LogP contribution is -2.31. The first kappa shape index (κ1) is 18.1. The van der Waals surface area contributed by atoms with Gasteiger partial charge >= 0.3 is 0 Å². The largest absolute Gasteiger partial charge is 0.350 e. The van der Waals surface area contributed by atoms with Gasteiger partial charge in [0.25, 0.3) is 11.7 Å². The van der Waals surface area contributed by atoms with E-state index in [4.69, 9.17) is 11.6 Å². The van der Waals surface area contributed by atoms with Crippen molar-refractivity contribution in [2.24, 2.45) is 5.92 Å². The average molecular weight is 396 g/mol. The van der Waals surface area contributed by atoms with Crippen molar-refractivity contribution in [3.8, 4) is 11.3 Å². The second-order valence-electron chi connectivity index (χ2n) is 6.55. The molecule has 142 valence electrons. The van der Waals surface area contributed by atoms with Gasteiger partial charge in [-0.25, -0.2) is 4.98 Å². The first-order valence-corrected chi connectivity index (χ1v) is 9.20. The Morgan fingerprint density at radius 1 is 1.25 bits per heavy atom. The third kappa shape index (κ3) is 3.86. The van der Waals surface area contributed by atoms with Crippen LogP contribution in [0.1, 0.15) is 17.4 Å². The molecule has 0 aliphatic rings. The Kier molecular flexibility index (Phi) is 5.03. The Bertz CT molecular complexity index is 1090. The molecule has 0 saturated heterocycles. The van der Waals surface area contributed by atoms with E-state index in [-0.39, 0.29) is 11.8 Å². The Morgan fingerprint density at radius 2 is 2.07 bits per heavy atom. The van der Waals surface area contributed by atoms with Crippen molar-refractivity contribution >= 4 is 23.3 Å². The summed E-state index contributed by atoms with van der Waals surface area (Å²) in [7, 11) is 0. The molecule has 0 saturated carbocycles. The molecule has 4 rings (SSSR count). The number of amides is 1. The molecule has 0 bridgehead atoms. The maximum Gasteiger partial charge on any atom is 0.270 e. The molecule has 1 aromatic carbocycles. The van der Waals surface area contributed by atoms with Crippen molar-refractivity contribution in [1.29, 1.82) is 0 Å². The van der Waals surface area contributed by atoms with Crippen molar-refractivity contribution in [2.75, 3.05) is 6.54 Å². The second-order valence-corrected chi connectivity index (χ2v) is 6.99. The number of rotatable bonds is 6. The van der Waals surface area contributed by atoms with Crippen LogP contribution < -0.4 is 5.32 Å². The molecule has 0 radical (unpaired) electrons. The Morgan fingerprint density at radius 3 is 2.82 bits per heavy atom. The van der Waals surface area contributed by atoms with Crippen molar-refractivity contribution in [2.45, 2.75) is 13.5 Å². The standard InChI is InChI=1S/C19H18ClN7O/c1-13(11-26-8-2-7-23-26)10-21-18(28)17-9-16(14-3-5-15(20)6-4-14)25-19-22-12-24-27(17)19/h2-9,12-13H,10-11H2,1H3,(H,21,28)/t13-/m1/s1. The maximum absolute atomic E-state index is 12.8. The lowest BCUT2D eigenvalue weighted by molar-refractivity contribution is 0.0939. The summed E-state index contributed by atoms with van der Waals surface area (Å²) >= 11 is 5.96. The summed E-state index contributed by atoms with van der Waals surface area (Å²) in [6, 6.07) is 10.9. The summed E-state index contributed by atoms with van der Waals surface area (Å²) < 4.78 is 3.28. The molecule has 28 heavy (non-hydrogen) atoms. The van der Waals surface area contributed by atoms with Crippen LogP contribution in [0.2, 0.25) is 5.02 Å². The minimum absolute atomic E-state index is 0.215. The molecule has 4 aromatic rings. The fourth-order valence-corrected chi connectivity index (χ4v) is 3.02. The number of benzene rings is 1. The Hall–Kier alpha value is -3.26. The third-order valence-electron chi connectivity index (χ3n) is 4.29.